The third-order valence-corrected chi connectivity index (χ3v) is 3.94. The van der Waals surface area contributed by atoms with Crippen LogP contribution in [0.5, 0.6) is 0 Å². The average molecular weight is 234 g/mol. The quantitative estimate of drug-likeness (QED) is 0.856. The second-order valence-electron chi connectivity index (χ2n) is 4.73. The van der Waals surface area contributed by atoms with Gasteiger partial charge in [0.15, 0.2) is 0 Å². The predicted molar refractivity (Wildman–Crippen MR) is 67.7 cm³/mol. The van der Waals surface area contributed by atoms with Gasteiger partial charge in [0, 0.05) is 6.54 Å². The van der Waals surface area contributed by atoms with Crippen LogP contribution in [0, 0.1) is 5.41 Å². The zero-order valence-electron chi connectivity index (χ0n) is 9.16. The van der Waals surface area contributed by atoms with E-state index in [0.29, 0.717) is 11.4 Å². The number of aromatic nitrogens is 2. The van der Waals surface area contributed by atoms with E-state index in [1.807, 2.05) is 11.4 Å². The summed E-state index contributed by atoms with van der Waals surface area (Å²) in [6.45, 7) is 3.25. The van der Waals surface area contributed by atoms with Crippen LogP contribution in [0.15, 0.2) is 11.4 Å². The largest absolute Gasteiger partial charge is 0.369 e. The first-order valence-electron chi connectivity index (χ1n) is 5.41. The molecule has 1 fully saturated rings. The van der Waals surface area contributed by atoms with Gasteiger partial charge in [-0.2, -0.15) is 4.98 Å². The van der Waals surface area contributed by atoms with Crippen molar-refractivity contribution in [3.8, 4) is 0 Å². The number of hydrogen-bond donors (Lipinski definition) is 2. The highest BCUT2D eigenvalue weighted by atomic mass is 32.1. The lowest BCUT2D eigenvalue weighted by Crippen LogP contribution is -2.13. The number of nitrogens with zero attached hydrogens (tertiary/aromatic N) is 2. The Labute approximate surface area is 97.9 Å². The lowest BCUT2D eigenvalue weighted by molar-refractivity contribution is 0.610. The summed E-state index contributed by atoms with van der Waals surface area (Å²) in [6.07, 6.45) is 2.60. The second-order valence-corrected chi connectivity index (χ2v) is 5.63. The molecule has 3 N–H and O–H groups in total. The summed E-state index contributed by atoms with van der Waals surface area (Å²) in [5.41, 5.74) is 6.14. The van der Waals surface area contributed by atoms with Crippen molar-refractivity contribution in [2.75, 3.05) is 17.6 Å². The van der Waals surface area contributed by atoms with Crippen LogP contribution in [0.1, 0.15) is 19.8 Å². The number of thiophene rings is 1. The van der Waals surface area contributed by atoms with Crippen LogP contribution in [-0.2, 0) is 0 Å². The molecule has 1 aliphatic carbocycles. The first-order chi connectivity index (χ1) is 7.66. The minimum absolute atomic E-state index is 0.346. The molecule has 0 saturated heterocycles. The minimum atomic E-state index is 0.346. The molecular weight excluding hydrogens is 220 g/mol. The monoisotopic (exact) mass is 234 g/mol. The molecule has 1 aliphatic rings. The van der Waals surface area contributed by atoms with E-state index < -0.39 is 0 Å². The Balaban J connectivity index is 1.92. The van der Waals surface area contributed by atoms with Gasteiger partial charge in [0.1, 0.15) is 10.6 Å². The highest BCUT2D eigenvalue weighted by Gasteiger charge is 2.36. The molecule has 0 spiro atoms. The zero-order chi connectivity index (χ0) is 11.2. The summed E-state index contributed by atoms with van der Waals surface area (Å²) < 4.78 is 0. The summed E-state index contributed by atoms with van der Waals surface area (Å²) in [4.78, 5) is 9.42. The van der Waals surface area contributed by atoms with Gasteiger partial charge in [-0.15, -0.1) is 11.3 Å². The number of rotatable bonds is 3. The summed E-state index contributed by atoms with van der Waals surface area (Å²) >= 11 is 1.59. The van der Waals surface area contributed by atoms with Gasteiger partial charge in [0.2, 0.25) is 5.95 Å². The van der Waals surface area contributed by atoms with E-state index in [0.717, 1.165) is 22.6 Å². The summed E-state index contributed by atoms with van der Waals surface area (Å²) in [6, 6.07) is 2.04. The molecule has 0 aliphatic heterocycles. The smallest absolute Gasteiger partial charge is 0.223 e. The third kappa shape index (κ3) is 1.71. The van der Waals surface area contributed by atoms with Crippen LogP contribution in [-0.4, -0.2) is 16.5 Å². The van der Waals surface area contributed by atoms with Gasteiger partial charge in [0.05, 0.1) is 5.39 Å². The van der Waals surface area contributed by atoms with E-state index in [9.17, 15) is 0 Å². The molecule has 4 nitrogen and oxygen atoms in total. The van der Waals surface area contributed by atoms with Crippen molar-refractivity contribution in [1.82, 2.24) is 9.97 Å². The van der Waals surface area contributed by atoms with E-state index in [1.54, 1.807) is 11.3 Å². The Hall–Kier alpha value is -1.36. The molecular formula is C11H14N4S. The Morgan fingerprint density at radius 2 is 2.31 bits per heavy atom. The van der Waals surface area contributed by atoms with E-state index in [-0.39, 0.29) is 0 Å². The maximum atomic E-state index is 5.68. The predicted octanol–water partition coefficient (Wildman–Crippen LogP) is 2.49. The number of hydrogen-bond acceptors (Lipinski definition) is 5. The van der Waals surface area contributed by atoms with Gasteiger partial charge in [-0.25, -0.2) is 4.98 Å². The van der Waals surface area contributed by atoms with Crippen LogP contribution in [0.4, 0.5) is 11.8 Å². The molecule has 0 radical (unpaired) electrons. The van der Waals surface area contributed by atoms with Crippen molar-refractivity contribution >= 4 is 33.3 Å². The van der Waals surface area contributed by atoms with Crippen LogP contribution >= 0.6 is 11.3 Å². The Morgan fingerprint density at radius 3 is 3.06 bits per heavy atom. The summed E-state index contributed by atoms with van der Waals surface area (Å²) in [7, 11) is 0. The van der Waals surface area contributed by atoms with E-state index in [1.165, 1.54) is 12.8 Å². The van der Waals surface area contributed by atoms with Crippen LogP contribution in [0.3, 0.4) is 0 Å². The molecule has 0 bridgehead atoms. The third-order valence-electron chi connectivity index (χ3n) is 3.13. The fourth-order valence-corrected chi connectivity index (χ4v) is 2.46. The molecule has 0 atom stereocenters. The van der Waals surface area contributed by atoms with Gasteiger partial charge in [0.25, 0.3) is 0 Å². The highest BCUT2D eigenvalue weighted by molar-refractivity contribution is 7.16. The van der Waals surface area contributed by atoms with Gasteiger partial charge < -0.3 is 11.1 Å². The highest BCUT2D eigenvalue weighted by Crippen LogP contribution is 2.44. The molecule has 5 heteroatoms. The number of anilines is 2. The summed E-state index contributed by atoms with van der Waals surface area (Å²) in [5.74, 6) is 1.22. The van der Waals surface area contributed by atoms with Crippen LogP contribution in [0.2, 0.25) is 0 Å². The van der Waals surface area contributed by atoms with Crippen molar-refractivity contribution in [2.24, 2.45) is 5.41 Å². The first-order valence-corrected chi connectivity index (χ1v) is 6.29. The molecule has 0 amide bonds. The van der Waals surface area contributed by atoms with Gasteiger partial charge in [-0.3, -0.25) is 0 Å². The van der Waals surface area contributed by atoms with Gasteiger partial charge >= 0.3 is 0 Å². The number of fused-ring (bicyclic) bond motifs is 1. The molecule has 1 saturated carbocycles. The fourth-order valence-electron chi connectivity index (χ4n) is 1.69. The summed E-state index contributed by atoms with van der Waals surface area (Å²) in [5, 5.41) is 6.48. The van der Waals surface area contributed by atoms with Crippen molar-refractivity contribution in [2.45, 2.75) is 19.8 Å². The van der Waals surface area contributed by atoms with E-state index >= 15 is 0 Å². The number of nitrogen functional groups attached to an aromatic ring is 1. The average Bonchev–Trinajstić information content (AvgIpc) is 2.79. The van der Waals surface area contributed by atoms with Gasteiger partial charge in [-0.05, 0) is 29.7 Å². The van der Waals surface area contributed by atoms with Gasteiger partial charge in [-0.1, -0.05) is 6.92 Å². The maximum Gasteiger partial charge on any atom is 0.223 e. The van der Waals surface area contributed by atoms with Crippen LogP contribution < -0.4 is 11.1 Å². The Bertz CT molecular complexity index is 530. The molecule has 84 valence electrons. The lowest BCUT2D eigenvalue weighted by Gasteiger charge is -2.11. The number of nitrogens with one attached hydrogen (secondary N) is 1. The molecule has 16 heavy (non-hydrogen) atoms. The maximum absolute atomic E-state index is 5.68. The standard InChI is InChI=1S/C11H14N4S/c1-11(3-4-11)6-13-8-7-2-5-16-9(7)15-10(12)14-8/h2,5H,3-4,6H2,1H3,(H3,12,13,14,15). The zero-order valence-corrected chi connectivity index (χ0v) is 9.97. The second kappa shape index (κ2) is 3.31. The van der Waals surface area contributed by atoms with Crippen molar-refractivity contribution < 1.29 is 0 Å². The Morgan fingerprint density at radius 1 is 1.50 bits per heavy atom. The molecule has 0 unspecified atom stereocenters. The first kappa shape index (κ1) is 9.84. The molecule has 3 rings (SSSR count). The van der Waals surface area contributed by atoms with E-state index in [2.05, 4.69) is 22.2 Å². The Kier molecular flexibility index (Phi) is 2.04. The normalized spacial score (nSPS) is 17.6. The van der Waals surface area contributed by atoms with Crippen molar-refractivity contribution in [1.29, 1.82) is 0 Å². The molecule has 2 heterocycles. The minimum Gasteiger partial charge on any atom is -0.369 e. The number of nitrogens with two attached hydrogens (primary N) is 1. The topological polar surface area (TPSA) is 63.8 Å². The fraction of sp³-hybridized carbons (Fsp3) is 0.455. The van der Waals surface area contributed by atoms with Crippen LogP contribution in [0.25, 0.3) is 10.2 Å². The SMILES string of the molecule is CC1(CNc2nc(N)nc3sccc23)CC1. The molecule has 0 aromatic carbocycles. The van der Waals surface area contributed by atoms with Crippen molar-refractivity contribution in [3.05, 3.63) is 11.4 Å². The van der Waals surface area contributed by atoms with Crippen molar-refractivity contribution in [3.63, 3.8) is 0 Å². The van der Waals surface area contributed by atoms with E-state index in [4.69, 9.17) is 5.73 Å². The molecule has 2 aromatic heterocycles. The lowest BCUT2D eigenvalue weighted by atomic mass is 10.1. The molecule has 2 aromatic rings.